The maximum Gasteiger partial charge on any atom is 0.135 e. The van der Waals surface area contributed by atoms with Crippen molar-refractivity contribution < 1.29 is 14.0 Å². The normalized spacial score (nSPS) is 35.6. The van der Waals surface area contributed by atoms with E-state index in [-0.39, 0.29) is 6.10 Å². The van der Waals surface area contributed by atoms with Crippen molar-refractivity contribution in [2.45, 2.75) is 25.0 Å². The van der Waals surface area contributed by atoms with Gasteiger partial charge in [-0.1, -0.05) is 12.2 Å². The van der Waals surface area contributed by atoms with Crippen LogP contribution in [0.2, 0.25) is 0 Å². The summed E-state index contributed by atoms with van der Waals surface area (Å²) in [6.07, 6.45) is 11.3. The average molecular weight is 378 g/mol. The number of rotatable bonds is 3. The first-order chi connectivity index (χ1) is 13.7. The third kappa shape index (κ3) is 2.78. The number of ether oxygens (including phenoxy) is 2. The van der Waals surface area contributed by atoms with Gasteiger partial charge in [0.15, 0.2) is 0 Å². The molecular formula is C24H29N2O2+. The second-order valence-corrected chi connectivity index (χ2v) is 8.57. The first-order valence-corrected chi connectivity index (χ1v) is 10.4. The SMILES string of the molecule is C=C[C@H]1C[N@@+]23C/C=C\CO[C@@H](c4ccnc5ccc(OC)cc45)[C@@H]2C[C@@H]1CC3. The van der Waals surface area contributed by atoms with Crippen molar-refractivity contribution in [3.8, 4) is 5.75 Å². The molecule has 4 heteroatoms. The van der Waals surface area contributed by atoms with Crippen molar-refractivity contribution in [3.05, 3.63) is 60.8 Å². The van der Waals surface area contributed by atoms with Crippen LogP contribution in [0.1, 0.15) is 24.5 Å². The average Bonchev–Trinajstić information content (AvgIpc) is 2.74. The number of aromatic nitrogens is 1. The zero-order chi connectivity index (χ0) is 19.1. The smallest absolute Gasteiger partial charge is 0.135 e. The van der Waals surface area contributed by atoms with E-state index in [4.69, 9.17) is 9.47 Å². The minimum atomic E-state index is 0.0797. The molecule has 4 nitrogen and oxygen atoms in total. The lowest BCUT2D eigenvalue weighted by atomic mass is 9.71. The van der Waals surface area contributed by atoms with Gasteiger partial charge in [0.25, 0.3) is 0 Å². The molecule has 3 saturated heterocycles. The van der Waals surface area contributed by atoms with Crippen LogP contribution in [0.3, 0.4) is 0 Å². The first kappa shape index (κ1) is 17.9. The van der Waals surface area contributed by atoms with E-state index in [1.165, 1.54) is 31.5 Å². The monoisotopic (exact) mass is 377 g/mol. The van der Waals surface area contributed by atoms with Gasteiger partial charge in [0.05, 0.1) is 38.9 Å². The quantitative estimate of drug-likeness (QED) is 0.591. The summed E-state index contributed by atoms with van der Waals surface area (Å²) < 4.78 is 13.2. The Hall–Kier alpha value is -2.17. The van der Waals surface area contributed by atoms with Crippen molar-refractivity contribution in [2.75, 3.05) is 33.4 Å². The molecule has 1 spiro atoms. The Morgan fingerprint density at radius 1 is 1.29 bits per heavy atom. The van der Waals surface area contributed by atoms with E-state index >= 15 is 0 Å². The largest absolute Gasteiger partial charge is 0.497 e. The minimum Gasteiger partial charge on any atom is -0.497 e. The Kier molecular flexibility index (Phi) is 4.48. The number of fused-ring (bicyclic) bond motifs is 3. The molecule has 0 unspecified atom stereocenters. The van der Waals surface area contributed by atoms with Crippen LogP contribution in [-0.2, 0) is 4.74 Å². The molecule has 4 aliphatic rings. The lowest BCUT2D eigenvalue weighted by Crippen LogP contribution is -2.68. The number of hydrogen-bond acceptors (Lipinski definition) is 3. The summed E-state index contributed by atoms with van der Waals surface area (Å²) in [5.41, 5.74) is 2.26. The van der Waals surface area contributed by atoms with Crippen LogP contribution in [0.15, 0.2) is 55.3 Å². The number of methoxy groups -OCH3 is 1. The van der Waals surface area contributed by atoms with Gasteiger partial charge in [-0.15, -0.1) is 6.58 Å². The molecule has 0 saturated carbocycles. The fourth-order valence-corrected chi connectivity index (χ4v) is 5.85. The molecule has 0 N–H and O–H groups in total. The lowest BCUT2D eigenvalue weighted by Gasteiger charge is -2.58. The number of benzene rings is 1. The lowest BCUT2D eigenvalue weighted by molar-refractivity contribution is -0.968. The molecule has 3 fully saturated rings. The Morgan fingerprint density at radius 2 is 2.21 bits per heavy atom. The van der Waals surface area contributed by atoms with Gasteiger partial charge in [-0.25, -0.2) is 0 Å². The van der Waals surface area contributed by atoms with Crippen molar-refractivity contribution >= 4 is 10.9 Å². The van der Waals surface area contributed by atoms with Crippen LogP contribution in [-0.4, -0.2) is 48.9 Å². The highest BCUT2D eigenvalue weighted by Gasteiger charge is 2.54. The number of hydrogen-bond donors (Lipinski definition) is 0. The molecule has 2 bridgehead atoms. The van der Waals surface area contributed by atoms with Crippen molar-refractivity contribution in [3.63, 3.8) is 0 Å². The molecule has 1 aromatic carbocycles. The fraction of sp³-hybridized carbons (Fsp3) is 0.458. The maximum absolute atomic E-state index is 6.54. The van der Waals surface area contributed by atoms with Gasteiger partial charge in [-0.3, -0.25) is 4.98 Å². The predicted molar refractivity (Wildman–Crippen MR) is 111 cm³/mol. The van der Waals surface area contributed by atoms with Crippen molar-refractivity contribution in [2.24, 2.45) is 11.8 Å². The zero-order valence-corrected chi connectivity index (χ0v) is 16.6. The summed E-state index contributed by atoms with van der Waals surface area (Å²) >= 11 is 0. The van der Waals surface area contributed by atoms with Crippen LogP contribution < -0.4 is 4.74 Å². The third-order valence-corrected chi connectivity index (χ3v) is 7.32. The summed E-state index contributed by atoms with van der Waals surface area (Å²) in [7, 11) is 1.72. The minimum absolute atomic E-state index is 0.0797. The summed E-state index contributed by atoms with van der Waals surface area (Å²) in [6, 6.07) is 8.78. The van der Waals surface area contributed by atoms with E-state index in [2.05, 4.69) is 41.9 Å². The van der Waals surface area contributed by atoms with Crippen LogP contribution in [0.4, 0.5) is 0 Å². The van der Waals surface area contributed by atoms with Crippen LogP contribution in [0.25, 0.3) is 10.9 Å². The van der Waals surface area contributed by atoms with E-state index in [9.17, 15) is 0 Å². The molecule has 0 amide bonds. The Morgan fingerprint density at radius 3 is 3.07 bits per heavy atom. The van der Waals surface area contributed by atoms with Crippen LogP contribution in [0, 0.1) is 11.8 Å². The molecule has 2 aromatic rings. The van der Waals surface area contributed by atoms with E-state index in [0.29, 0.717) is 18.6 Å². The highest BCUT2D eigenvalue weighted by atomic mass is 16.5. The van der Waals surface area contributed by atoms with Gasteiger partial charge < -0.3 is 14.0 Å². The standard InChI is InChI=1S/C24H29N2O2/c1-3-17-16-26-11-4-5-13-28-24(23(26)14-18(17)9-12-26)20-8-10-25-22-7-6-19(27-2)15-21(20)22/h3-8,10,15,17-18,23-24H,1,9,11-14,16H2,2H3/q+1/b5-4-/t17-,18-,23-,24-,26-/m0/s1. The predicted octanol–water partition coefficient (Wildman–Crippen LogP) is 4.28. The fourth-order valence-electron chi connectivity index (χ4n) is 5.85. The molecule has 146 valence electrons. The van der Waals surface area contributed by atoms with E-state index in [1.54, 1.807) is 7.11 Å². The van der Waals surface area contributed by atoms with E-state index in [1.807, 2.05) is 18.3 Å². The van der Waals surface area contributed by atoms with Crippen molar-refractivity contribution in [1.29, 1.82) is 0 Å². The van der Waals surface area contributed by atoms with E-state index in [0.717, 1.165) is 33.6 Å². The van der Waals surface area contributed by atoms with Gasteiger partial charge in [0.1, 0.15) is 17.9 Å². The molecule has 5 atom stereocenters. The first-order valence-electron chi connectivity index (χ1n) is 10.4. The summed E-state index contributed by atoms with van der Waals surface area (Å²) in [4.78, 5) is 4.59. The number of nitrogens with zero attached hydrogens (tertiary/aromatic N) is 2. The molecule has 0 aliphatic carbocycles. The summed E-state index contributed by atoms with van der Waals surface area (Å²) in [5.74, 6) is 2.24. The second-order valence-electron chi connectivity index (χ2n) is 8.57. The number of quaternary nitrogens is 1. The van der Waals surface area contributed by atoms with Gasteiger partial charge in [-0.05, 0) is 41.8 Å². The van der Waals surface area contributed by atoms with Gasteiger partial charge >= 0.3 is 0 Å². The highest BCUT2D eigenvalue weighted by molar-refractivity contribution is 5.84. The molecule has 6 rings (SSSR count). The number of pyridine rings is 1. The highest BCUT2D eigenvalue weighted by Crippen LogP contribution is 2.48. The summed E-state index contributed by atoms with van der Waals surface area (Å²) in [5, 5.41) is 1.15. The molecule has 5 heterocycles. The van der Waals surface area contributed by atoms with E-state index < -0.39 is 0 Å². The Labute approximate surface area is 167 Å². The molecule has 1 aromatic heterocycles. The maximum atomic E-state index is 6.54. The van der Waals surface area contributed by atoms with Crippen molar-refractivity contribution in [1.82, 2.24) is 4.98 Å². The molecular weight excluding hydrogens is 348 g/mol. The van der Waals surface area contributed by atoms with Gasteiger partial charge in [0, 0.05) is 30.3 Å². The number of piperidine rings is 3. The molecule has 4 aliphatic heterocycles. The van der Waals surface area contributed by atoms with Crippen LogP contribution in [0.5, 0.6) is 5.75 Å². The molecule has 0 radical (unpaired) electrons. The molecule has 28 heavy (non-hydrogen) atoms. The third-order valence-electron chi connectivity index (χ3n) is 7.32. The Balaban J connectivity index is 1.62. The second kappa shape index (κ2) is 7.02. The zero-order valence-electron chi connectivity index (χ0n) is 16.6. The van der Waals surface area contributed by atoms with Crippen LogP contribution >= 0.6 is 0 Å². The van der Waals surface area contributed by atoms with Gasteiger partial charge in [-0.2, -0.15) is 0 Å². The Bertz CT molecular complexity index is 924. The van der Waals surface area contributed by atoms with Gasteiger partial charge in [0.2, 0.25) is 0 Å². The summed E-state index contributed by atoms with van der Waals surface area (Å²) in [6.45, 7) is 8.35. The topological polar surface area (TPSA) is 31.4 Å².